The van der Waals surface area contributed by atoms with Gasteiger partial charge in [0.1, 0.15) is 0 Å². The monoisotopic (exact) mass is 268 g/mol. The molecule has 0 saturated heterocycles. The van der Waals surface area contributed by atoms with Crippen LogP contribution >= 0.6 is 0 Å². The van der Waals surface area contributed by atoms with E-state index in [1.165, 1.54) is 13.4 Å². The lowest BCUT2D eigenvalue weighted by atomic mass is 10.2. The maximum absolute atomic E-state index is 11.5. The summed E-state index contributed by atoms with van der Waals surface area (Å²) in [7, 11) is 3.59. The Kier molecular flexibility index (Phi) is 6.35. The second-order valence-corrected chi connectivity index (χ2v) is 4.82. The van der Waals surface area contributed by atoms with E-state index in [-0.39, 0.29) is 11.3 Å². The van der Waals surface area contributed by atoms with Crippen molar-refractivity contribution in [2.75, 3.05) is 32.6 Å². The van der Waals surface area contributed by atoms with Crippen molar-refractivity contribution in [2.45, 2.75) is 32.7 Å². The number of hydrogen-bond donors (Lipinski definition) is 2. The number of hydrogen-bond acceptors (Lipinski definition) is 5. The molecular weight excluding hydrogens is 244 g/mol. The highest BCUT2D eigenvalue weighted by atomic mass is 16.5. The third-order valence-corrected chi connectivity index (χ3v) is 3.13. The highest BCUT2D eigenvalue weighted by Gasteiger charge is 2.08. The summed E-state index contributed by atoms with van der Waals surface area (Å²) in [6, 6.07) is 0.572. The van der Waals surface area contributed by atoms with Crippen molar-refractivity contribution in [2.24, 2.45) is 0 Å². The lowest BCUT2D eigenvalue weighted by Crippen LogP contribution is -2.27. The van der Waals surface area contributed by atoms with Crippen molar-refractivity contribution in [3.8, 4) is 5.75 Å². The number of unbranched alkanes of at least 4 members (excludes halogenated alkanes) is 1. The Balaban J connectivity index is 2.34. The van der Waals surface area contributed by atoms with Crippen LogP contribution in [0.3, 0.4) is 0 Å². The fraction of sp³-hybridized carbons (Fsp3) is 0.692. The summed E-state index contributed by atoms with van der Waals surface area (Å²) < 4.78 is 5.03. The van der Waals surface area contributed by atoms with E-state index < -0.39 is 0 Å². The van der Waals surface area contributed by atoms with Crippen LogP contribution in [0.25, 0.3) is 0 Å². The van der Waals surface area contributed by atoms with E-state index in [2.05, 4.69) is 41.1 Å². The minimum atomic E-state index is -0.264. The molecule has 0 radical (unpaired) electrons. The van der Waals surface area contributed by atoms with Gasteiger partial charge in [-0.3, -0.25) is 4.79 Å². The molecule has 1 aromatic rings. The van der Waals surface area contributed by atoms with E-state index in [1.807, 2.05) is 0 Å². The number of methoxy groups -OCH3 is 1. The Morgan fingerprint density at radius 1 is 1.47 bits per heavy atom. The second kappa shape index (κ2) is 7.78. The van der Waals surface area contributed by atoms with Gasteiger partial charge in [0.2, 0.25) is 5.75 Å². The van der Waals surface area contributed by atoms with Crippen molar-refractivity contribution < 1.29 is 4.74 Å². The predicted molar refractivity (Wildman–Crippen MR) is 76.9 cm³/mol. The van der Waals surface area contributed by atoms with E-state index in [9.17, 15) is 4.79 Å². The molecule has 0 aliphatic rings. The van der Waals surface area contributed by atoms with E-state index in [4.69, 9.17) is 4.74 Å². The summed E-state index contributed by atoms with van der Waals surface area (Å²) in [6.07, 6.45) is 3.50. The summed E-state index contributed by atoms with van der Waals surface area (Å²) in [5, 5.41) is 3.13. The number of ether oxygens (including phenoxy) is 1. The third kappa shape index (κ3) is 4.90. The summed E-state index contributed by atoms with van der Waals surface area (Å²) >= 11 is 0. The first-order chi connectivity index (χ1) is 9.06. The van der Waals surface area contributed by atoms with Crippen molar-refractivity contribution in [3.05, 3.63) is 16.7 Å². The zero-order valence-corrected chi connectivity index (χ0v) is 12.2. The van der Waals surface area contributed by atoms with Crippen LogP contribution in [-0.4, -0.2) is 48.2 Å². The van der Waals surface area contributed by atoms with Gasteiger partial charge in [0.15, 0.2) is 5.82 Å². The van der Waals surface area contributed by atoms with Crippen molar-refractivity contribution >= 4 is 5.82 Å². The van der Waals surface area contributed by atoms with Gasteiger partial charge in [0, 0.05) is 12.6 Å². The van der Waals surface area contributed by atoms with Crippen molar-refractivity contribution in [1.82, 2.24) is 14.9 Å². The molecule has 1 rings (SSSR count). The largest absolute Gasteiger partial charge is 0.489 e. The van der Waals surface area contributed by atoms with Crippen LogP contribution in [0.5, 0.6) is 5.75 Å². The normalized spacial score (nSPS) is 11.1. The molecule has 0 spiro atoms. The third-order valence-electron chi connectivity index (χ3n) is 3.13. The lowest BCUT2D eigenvalue weighted by molar-refractivity contribution is 0.269. The molecule has 0 aromatic carbocycles. The standard InChI is InChI=1S/C13H24N4O2/c1-10(2)17(3)8-6-5-7-14-12-11(19-4)13(18)16-9-15-12/h9-10H,5-8H2,1-4H3,(H2,14,15,16,18). The fourth-order valence-corrected chi connectivity index (χ4v) is 1.65. The molecule has 0 bridgehead atoms. The molecule has 6 heteroatoms. The first kappa shape index (κ1) is 15.5. The Hall–Kier alpha value is -1.56. The van der Waals surface area contributed by atoms with Gasteiger partial charge in [-0.05, 0) is 40.3 Å². The van der Waals surface area contributed by atoms with Gasteiger partial charge in [0.05, 0.1) is 13.4 Å². The van der Waals surface area contributed by atoms with Crippen LogP contribution in [-0.2, 0) is 0 Å². The van der Waals surface area contributed by atoms with Crippen LogP contribution in [0, 0.1) is 0 Å². The Morgan fingerprint density at radius 3 is 2.84 bits per heavy atom. The fourth-order valence-electron chi connectivity index (χ4n) is 1.65. The second-order valence-electron chi connectivity index (χ2n) is 4.82. The minimum absolute atomic E-state index is 0.238. The minimum Gasteiger partial charge on any atom is -0.489 e. The molecule has 0 aliphatic carbocycles. The number of nitrogens with zero attached hydrogens (tertiary/aromatic N) is 2. The van der Waals surface area contributed by atoms with E-state index in [0.29, 0.717) is 11.9 Å². The zero-order chi connectivity index (χ0) is 14.3. The summed E-state index contributed by atoms with van der Waals surface area (Å²) in [4.78, 5) is 20.3. The smallest absolute Gasteiger partial charge is 0.295 e. The molecule has 19 heavy (non-hydrogen) atoms. The van der Waals surface area contributed by atoms with Crippen LogP contribution in [0.1, 0.15) is 26.7 Å². The molecule has 2 N–H and O–H groups in total. The number of anilines is 1. The highest BCUT2D eigenvalue weighted by molar-refractivity contribution is 5.47. The maximum Gasteiger partial charge on any atom is 0.295 e. The van der Waals surface area contributed by atoms with Crippen molar-refractivity contribution in [3.63, 3.8) is 0 Å². The van der Waals surface area contributed by atoms with E-state index in [1.54, 1.807) is 0 Å². The van der Waals surface area contributed by atoms with E-state index in [0.717, 1.165) is 25.9 Å². The topological polar surface area (TPSA) is 70.2 Å². The van der Waals surface area contributed by atoms with Crippen LogP contribution in [0.2, 0.25) is 0 Å². The number of rotatable bonds is 8. The van der Waals surface area contributed by atoms with Gasteiger partial charge in [-0.25, -0.2) is 4.98 Å². The Bertz CT molecular complexity index is 431. The molecule has 0 amide bonds. The lowest BCUT2D eigenvalue weighted by Gasteiger charge is -2.20. The van der Waals surface area contributed by atoms with Crippen LogP contribution in [0.4, 0.5) is 5.82 Å². The molecule has 0 fully saturated rings. The van der Waals surface area contributed by atoms with E-state index >= 15 is 0 Å². The van der Waals surface area contributed by atoms with Gasteiger partial charge in [-0.15, -0.1) is 0 Å². The average Bonchev–Trinajstić information content (AvgIpc) is 2.38. The Labute approximate surface area is 114 Å². The van der Waals surface area contributed by atoms with Gasteiger partial charge >= 0.3 is 0 Å². The molecule has 0 unspecified atom stereocenters. The quantitative estimate of drug-likeness (QED) is 0.696. The molecule has 6 nitrogen and oxygen atoms in total. The first-order valence-corrected chi connectivity index (χ1v) is 6.62. The molecule has 0 saturated carbocycles. The number of aromatic nitrogens is 2. The van der Waals surface area contributed by atoms with Crippen LogP contribution in [0.15, 0.2) is 11.1 Å². The van der Waals surface area contributed by atoms with Gasteiger partial charge in [-0.2, -0.15) is 0 Å². The van der Waals surface area contributed by atoms with Gasteiger partial charge in [0.25, 0.3) is 5.56 Å². The molecule has 108 valence electrons. The SMILES string of the molecule is COc1c(NCCCCN(C)C(C)C)nc[nH]c1=O. The maximum atomic E-state index is 11.5. The molecule has 0 aliphatic heterocycles. The first-order valence-electron chi connectivity index (χ1n) is 6.62. The molecular formula is C13H24N4O2. The summed E-state index contributed by atoms with van der Waals surface area (Å²) in [5.74, 6) is 0.741. The molecule has 1 aromatic heterocycles. The molecule has 1 heterocycles. The highest BCUT2D eigenvalue weighted by Crippen LogP contribution is 2.14. The van der Waals surface area contributed by atoms with Crippen LogP contribution < -0.4 is 15.6 Å². The van der Waals surface area contributed by atoms with Gasteiger partial charge < -0.3 is 19.9 Å². The zero-order valence-electron chi connectivity index (χ0n) is 12.2. The number of nitrogens with one attached hydrogen (secondary N) is 2. The Morgan fingerprint density at radius 2 is 2.21 bits per heavy atom. The summed E-state index contributed by atoms with van der Waals surface area (Å²) in [6.45, 7) is 6.21. The molecule has 0 atom stereocenters. The number of H-pyrrole nitrogens is 1. The van der Waals surface area contributed by atoms with Gasteiger partial charge in [-0.1, -0.05) is 0 Å². The average molecular weight is 268 g/mol. The van der Waals surface area contributed by atoms with Crippen molar-refractivity contribution in [1.29, 1.82) is 0 Å². The summed E-state index contributed by atoms with van der Waals surface area (Å²) in [5.41, 5.74) is -0.264. The predicted octanol–water partition coefficient (Wildman–Crippen LogP) is 1.31. The number of aromatic amines is 1.